The van der Waals surface area contributed by atoms with Crippen molar-refractivity contribution >= 4 is 29.0 Å². The summed E-state index contributed by atoms with van der Waals surface area (Å²) in [6.45, 7) is 5.92. The number of fused-ring (bicyclic) bond motifs is 2. The van der Waals surface area contributed by atoms with Gasteiger partial charge in [0.1, 0.15) is 0 Å². The summed E-state index contributed by atoms with van der Waals surface area (Å²) in [4.78, 5) is 19.5. The lowest BCUT2D eigenvalue weighted by molar-refractivity contribution is -0.117. The van der Waals surface area contributed by atoms with E-state index in [-0.39, 0.29) is 5.91 Å². The van der Waals surface area contributed by atoms with Crippen LogP contribution < -0.4 is 10.2 Å². The van der Waals surface area contributed by atoms with Crippen molar-refractivity contribution in [3.8, 4) is 0 Å². The number of rotatable bonds is 6. The minimum atomic E-state index is 0.0848. The third kappa shape index (κ3) is 4.35. The zero-order valence-corrected chi connectivity index (χ0v) is 16.2. The molecule has 0 unspecified atom stereocenters. The summed E-state index contributed by atoms with van der Waals surface area (Å²) in [6.07, 6.45) is 1.04. The van der Waals surface area contributed by atoms with E-state index in [1.54, 1.807) is 11.8 Å². The van der Waals surface area contributed by atoms with E-state index in [1.165, 1.54) is 0 Å². The van der Waals surface area contributed by atoms with Crippen molar-refractivity contribution in [3.05, 3.63) is 48.5 Å². The van der Waals surface area contributed by atoms with Crippen LogP contribution in [0.5, 0.6) is 0 Å². The van der Waals surface area contributed by atoms with Crippen molar-refractivity contribution in [1.82, 2.24) is 10.2 Å². The molecule has 1 fully saturated rings. The Morgan fingerprint density at radius 1 is 1.00 bits per heavy atom. The first-order chi connectivity index (χ1) is 13.3. The molecule has 0 bridgehead atoms. The molecule has 0 atom stereocenters. The summed E-state index contributed by atoms with van der Waals surface area (Å²) in [5.41, 5.74) is 1.95. The fourth-order valence-corrected chi connectivity index (χ4v) is 4.56. The lowest BCUT2D eigenvalue weighted by Crippen LogP contribution is -2.39. The molecule has 6 heteroatoms. The van der Waals surface area contributed by atoms with Crippen molar-refractivity contribution in [3.63, 3.8) is 0 Å². The molecule has 142 valence electrons. The Hall–Kier alpha value is -1.86. The van der Waals surface area contributed by atoms with Gasteiger partial charge in [0.05, 0.1) is 31.1 Å². The van der Waals surface area contributed by atoms with Gasteiger partial charge in [-0.2, -0.15) is 0 Å². The number of benzene rings is 2. The number of nitrogens with one attached hydrogen (secondary N) is 1. The molecule has 2 aromatic rings. The number of hydrogen-bond donors (Lipinski definition) is 1. The first kappa shape index (κ1) is 18.5. The fourth-order valence-electron chi connectivity index (χ4n) is 3.50. The van der Waals surface area contributed by atoms with E-state index in [1.807, 2.05) is 41.3 Å². The molecule has 0 aliphatic carbocycles. The van der Waals surface area contributed by atoms with Crippen LogP contribution in [0.25, 0.3) is 0 Å². The molecule has 2 aliphatic heterocycles. The van der Waals surface area contributed by atoms with Gasteiger partial charge in [-0.1, -0.05) is 36.0 Å². The average molecular weight is 384 g/mol. The number of carbonyl (C=O) groups excluding carboxylic acids is 1. The third-order valence-corrected chi connectivity index (χ3v) is 6.02. The standard InChI is InChI=1S/C21H25N3O2S/c25-21(16-22-10-5-11-23-12-14-26-15-13-23)24-17-6-1-3-8-19(17)27-20-9-4-2-7-18(20)24/h1-4,6-9,22H,5,10-16H2. The zero-order chi connectivity index (χ0) is 18.5. The summed E-state index contributed by atoms with van der Waals surface area (Å²) in [5, 5.41) is 3.33. The summed E-state index contributed by atoms with van der Waals surface area (Å²) in [7, 11) is 0. The maximum Gasteiger partial charge on any atom is 0.245 e. The van der Waals surface area contributed by atoms with E-state index >= 15 is 0 Å². The molecule has 5 nitrogen and oxygen atoms in total. The Morgan fingerprint density at radius 2 is 1.63 bits per heavy atom. The normalized spacial score (nSPS) is 16.7. The lowest BCUT2D eigenvalue weighted by atomic mass is 10.2. The number of para-hydroxylation sites is 2. The molecule has 2 aliphatic rings. The largest absolute Gasteiger partial charge is 0.379 e. The molecule has 2 aromatic carbocycles. The van der Waals surface area contributed by atoms with Crippen molar-refractivity contribution in [2.24, 2.45) is 0 Å². The number of anilines is 2. The second kappa shape index (κ2) is 8.89. The number of nitrogens with zero attached hydrogens (tertiary/aromatic N) is 2. The molecule has 0 aromatic heterocycles. The quantitative estimate of drug-likeness (QED) is 0.777. The van der Waals surface area contributed by atoms with E-state index in [2.05, 4.69) is 22.3 Å². The molecule has 2 heterocycles. The maximum atomic E-state index is 13.0. The predicted molar refractivity (Wildman–Crippen MR) is 109 cm³/mol. The van der Waals surface area contributed by atoms with Gasteiger partial charge in [0, 0.05) is 22.9 Å². The van der Waals surface area contributed by atoms with Gasteiger partial charge in [-0.3, -0.25) is 14.6 Å². The number of hydrogen-bond acceptors (Lipinski definition) is 5. The lowest BCUT2D eigenvalue weighted by Gasteiger charge is -2.31. The highest BCUT2D eigenvalue weighted by Gasteiger charge is 2.27. The van der Waals surface area contributed by atoms with Crippen LogP contribution in [0.2, 0.25) is 0 Å². The molecule has 1 N–H and O–H groups in total. The van der Waals surface area contributed by atoms with Gasteiger partial charge in [0.2, 0.25) is 5.91 Å². The molecule has 1 amide bonds. The van der Waals surface area contributed by atoms with Crippen molar-refractivity contribution in [2.45, 2.75) is 16.2 Å². The molecular formula is C21H25N3O2S. The molecule has 0 radical (unpaired) electrons. The monoisotopic (exact) mass is 383 g/mol. The second-order valence-electron chi connectivity index (χ2n) is 6.75. The van der Waals surface area contributed by atoms with Gasteiger partial charge in [-0.25, -0.2) is 0 Å². The third-order valence-electron chi connectivity index (χ3n) is 4.89. The summed E-state index contributed by atoms with van der Waals surface area (Å²) >= 11 is 1.72. The van der Waals surface area contributed by atoms with E-state index < -0.39 is 0 Å². The van der Waals surface area contributed by atoms with Crippen molar-refractivity contribution in [1.29, 1.82) is 0 Å². The van der Waals surface area contributed by atoms with E-state index in [0.717, 1.165) is 67.0 Å². The zero-order valence-electron chi connectivity index (χ0n) is 15.4. The van der Waals surface area contributed by atoms with Gasteiger partial charge in [-0.05, 0) is 43.8 Å². The van der Waals surface area contributed by atoms with Crippen LogP contribution in [-0.2, 0) is 9.53 Å². The van der Waals surface area contributed by atoms with Crippen LogP contribution in [0, 0.1) is 0 Å². The topological polar surface area (TPSA) is 44.8 Å². The SMILES string of the molecule is O=C(CNCCCN1CCOCC1)N1c2ccccc2Sc2ccccc21. The first-order valence-corrected chi connectivity index (χ1v) is 10.3. The fraction of sp³-hybridized carbons (Fsp3) is 0.381. The van der Waals surface area contributed by atoms with Gasteiger partial charge in [0.15, 0.2) is 0 Å². The molecule has 1 saturated heterocycles. The minimum Gasteiger partial charge on any atom is -0.379 e. The van der Waals surface area contributed by atoms with Crippen LogP contribution >= 0.6 is 11.8 Å². The van der Waals surface area contributed by atoms with E-state index in [0.29, 0.717) is 6.54 Å². The van der Waals surface area contributed by atoms with Crippen LogP contribution in [0.15, 0.2) is 58.3 Å². The molecule has 0 saturated carbocycles. The van der Waals surface area contributed by atoms with Gasteiger partial charge >= 0.3 is 0 Å². The van der Waals surface area contributed by atoms with Crippen molar-refractivity contribution < 1.29 is 9.53 Å². The Labute approximate surface area is 164 Å². The average Bonchev–Trinajstić information content (AvgIpc) is 2.72. The minimum absolute atomic E-state index is 0.0848. The molecule has 0 spiro atoms. The maximum absolute atomic E-state index is 13.0. The number of ether oxygens (including phenoxy) is 1. The molecule has 27 heavy (non-hydrogen) atoms. The smallest absolute Gasteiger partial charge is 0.245 e. The predicted octanol–water partition coefficient (Wildman–Crippen LogP) is 3.13. The summed E-state index contributed by atoms with van der Waals surface area (Å²) in [5.74, 6) is 0.0848. The van der Waals surface area contributed by atoms with E-state index in [9.17, 15) is 4.79 Å². The molecule has 4 rings (SSSR count). The first-order valence-electron chi connectivity index (χ1n) is 9.52. The summed E-state index contributed by atoms with van der Waals surface area (Å²) < 4.78 is 5.37. The van der Waals surface area contributed by atoms with Crippen molar-refractivity contribution in [2.75, 3.05) is 50.8 Å². The van der Waals surface area contributed by atoms with Gasteiger partial charge in [0.25, 0.3) is 0 Å². The Bertz CT molecular complexity index is 747. The number of amides is 1. The highest BCUT2D eigenvalue weighted by atomic mass is 32.2. The van der Waals surface area contributed by atoms with Gasteiger partial charge < -0.3 is 10.1 Å². The molecular weight excluding hydrogens is 358 g/mol. The highest BCUT2D eigenvalue weighted by Crippen LogP contribution is 2.47. The van der Waals surface area contributed by atoms with Crippen LogP contribution in [0.1, 0.15) is 6.42 Å². The second-order valence-corrected chi connectivity index (χ2v) is 7.83. The highest BCUT2D eigenvalue weighted by molar-refractivity contribution is 7.99. The number of morpholine rings is 1. The number of carbonyl (C=O) groups is 1. The Kier molecular flexibility index (Phi) is 6.09. The summed E-state index contributed by atoms with van der Waals surface area (Å²) in [6, 6.07) is 16.2. The Morgan fingerprint density at radius 3 is 2.30 bits per heavy atom. The Balaban J connectivity index is 1.36. The van der Waals surface area contributed by atoms with E-state index in [4.69, 9.17) is 4.74 Å². The van der Waals surface area contributed by atoms with Gasteiger partial charge in [-0.15, -0.1) is 0 Å². The van der Waals surface area contributed by atoms with Crippen LogP contribution in [0.4, 0.5) is 11.4 Å². The van der Waals surface area contributed by atoms with Crippen LogP contribution in [0.3, 0.4) is 0 Å². The van der Waals surface area contributed by atoms with Crippen LogP contribution in [-0.4, -0.2) is 56.7 Å².